The average Bonchev–Trinajstić information content (AvgIpc) is 2.54. The van der Waals surface area contributed by atoms with Crippen LogP contribution in [0.15, 0.2) is 0 Å². The Morgan fingerprint density at radius 2 is 2.17 bits per heavy atom. The van der Waals surface area contributed by atoms with Gasteiger partial charge in [0, 0.05) is 10.6 Å². The highest BCUT2D eigenvalue weighted by Crippen LogP contribution is 2.21. The lowest BCUT2D eigenvalue weighted by Crippen LogP contribution is -2.41. The van der Waals surface area contributed by atoms with Crippen LogP contribution in [-0.2, 0) is 11.2 Å². The van der Waals surface area contributed by atoms with Gasteiger partial charge in [-0.1, -0.05) is 0 Å². The molecule has 0 saturated heterocycles. The van der Waals surface area contributed by atoms with Gasteiger partial charge in [0.2, 0.25) is 5.91 Å². The summed E-state index contributed by atoms with van der Waals surface area (Å²) in [5.74, 6) is -4.96. The van der Waals surface area contributed by atoms with E-state index in [-0.39, 0.29) is 6.42 Å². The number of nitrogens with one attached hydrogen (secondary N) is 2. The Kier molecular flexibility index (Phi) is 4.85. The maximum Gasteiger partial charge on any atom is 0.324 e. The predicted molar refractivity (Wildman–Crippen MR) is 61.9 cm³/mol. The predicted octanol–water partition coefficient (Wildman–Crippen LogP) is 2.67. The van der Waals surface area contributed by atoms with E-state index in [1.165, 1.54) is 0 Å². The molecule has 0 aromatic carbocycles. The van der Waals surface area contributed by atoms with E-state index < -0.39 is 24.8 Å². The molecule has 1 amide bonds. The first-order chi connectivity index (χ1) is 8.22. The number of aromatic nitrogens is 1. The van der Waals surface area contributed by atoms with E-state index in [0.717, 1.165) is 11.3 Å². The van der Waals surface area contributed by atoms with Crippen molar-refractivity contribution < 1.29 is 22.4 Å². The van der Waals surface area contributed by atoms with Crippen molar-refractivity contribution in [2.45, 2.75) is 25.7 Å². The number of halogens is 4. The summed E-state index contributed by atoms with van der Waals surface area (Å²) in [6.07, 6.45) is -3.96. The first-order valence-electron chi connectivity index (χ1n) is 4.83. The van der Waals surface area contributed by atoms with Gasteiger partial charge in [0.1, 0.15) is 0 Å². The van der Waals surface area contributed by atoms with Gasteiger partial charge in [-0.25, -0.2) is 8.78 Å². The van der Waals surface area contributed by atoms with Crippen molar-refractivity contribution in [3.63, 3.8) is 0 Å². The smallest absolute Gasteiger partial charge is 0.324 e. The molecule has 0 saturated carbocycles. The maximum absolute atomic E-state index is 12.5. The topological polar surface area (TPSA) is 44.9 Å². The fourth-order valence-corrected chi connectivity index (χ4v) is 2.40. The van der Waals surface area contributed by atoms with Crippen molar-refractivity contribution in [2.75, 3.05) is 6.54 Å². The number of alkyl halides is 4. The van der Waals surface area contributed by atoms with Gasteiger partial charge in [0.25, 0.3) is 0 Å². The first kappa shape index (κ1) is 15.1. The van der Waals surface area contributed by atoms with Crippen LogP contribution in [0.25, 0.3) is 0 Å². The van der Waals surface area contributed by atoms with Crippen LogP contribution in [0.5, 0.6) is 0 Å². The Labute approximate surface area is 109 Å². The number of aromatic amines is 1. The molecule has 3 nitrogen and oxygen atoms in total. The summed E-state index contributed by atoms with van der Waals surface area (Å²) in [6, 6.07) is 0. The van der Waals surface area contributed by atoms with Crippen molar-refractivity contribution in [1.29, 1.82) is 0 Å². The molecule has 102 valence electrons. The largest absolute Gasteiger partial charge is 0.350 e. The third-order valence-electron chi connectivity index (χ3n) is 2.09. The van der Waals surface area contributed by atoms with E-state index >= 15 is 0 Å². The number of amides is 1. The first-order valence-corrected chi connectivity index (χ1v) is 6.06. The van der Waals surface area contributed by atoms with Crippen LogP contribution < -0.4 is 5.32 Å². The molecule has 0 atom stereocenters. The summed E-state index contributed by atoms with van der Waals surface area (Å²) in [6.45, 7) is 0.307. The second-order valence-electron chi connectivity index (χ2n) is 3.58. The molecular weight excluding hydrogens is 292 g/mol. The third kappa shape index (κ3) is 4.05. The highest BCUT2D eigenvalue weighted by molar-refractivity contribution is 7.73. The fourth-order valence-electron chi connectivity index (χ4n) is 1.11. The van der Waals surface area contributed by atoms with E-state index in [9.17, 15) is 22.4 Å². The minimum Gasteiger partial charge on any atom is -0.350 e. The molecule has 2 N–H and O–H groups in total. The van der Waals surface area contributed by atoms with Crippen LogP contribution in [0.4, 0.5) is 17.6 Å². The molecule has 0 fully saturated rings. The summed E-state index contributed by atoms with van der Waals surface area (Å²) in [5.41, 5.74) is 0.667. The number of hydrogen-bond donors (Lipinski definition) is 2. The fraction of sp³-hybridized carbons (Fsp3) is 0.556. The van der Waals surface area contributed by atoms with Gasteiger partial charge in [0.05, 0.1) is 13.0 Å². The van der Waals surface area contributed by atoms with Crippen molar-refractivity contribution in [1.82, 2.24) is 10.3 Å². The summed E-state index contributed by atoms with van der Waals surface area (Å²) in [4.78, 5) is 14.7. The molecule has 1 rings (SSSR count). The van der Waals surface area contributed by atoms with Gasteiger partial charge in [0.15, 0.2) is 3.95 Å². The van der Waals surface area contributed by atoms with Gasteiger partial charge >= 0.3 is 12.3 Å². The van der Waals surface area contributed by atoms with Crippen molar-refractivity contribution in [3.8, 4) is 0 Å². The zero-order chi connectivity index (χ0) is 13.9. The molecule has 1 aromatic rings. The molecule has 0 unspecified atom stereocenters. The molecule has 0 aliphatic heterocycles. The lowest BCUT2D eigenvalue weighted by Gasteiger charge is -2.15. The summed E-state index contributed by atoms with van der Waals surface area (Å²) in [7, 11) is 0. The number of hydrogen-bond acceptors (Lipinski definition) is 3. The standard InChI is InChI=1S/C9H10F4N2OS2/c1-4-5(18-8(17)15-4)2-6(16)14-3-9(12,13)7(10)11/h7H,2-3H2,1H3,(H,14,16)(H,15,17). The van der Waals surface area contributed by atoms with Crippen molar-refractivity contribution in [3.05, 3.63) is 14.5 Å². The average molecular weight is 302 g/mol. The van der Waals surface area contributed by atoms with Crippen molar-refractivity contribution >= 4 is 29.5 Å². The lowest BCUT2D eigenvalue weighted by molar-refractivity contribution is -0.136. The SMILES string of the molecule is Cc1[nH]c(=S)sc1CC(=O)NCC(F)(F)C(F)F. The van der Waals surface area contributed by atoms with Gasteiger partial charge in [-0.15, -0.1) is 11.3 Å². The van der Waals surface area contributed by atoms with Crippen LogP contribution in [0.2, 0.25) is 0 Å². The number of aryl methyl sites for hydroxylation is 1. The number of carbonyl (C=O) groups excluding carboxylic acids is 1. The van der Waals surface area contributed by atoms with Gasteiger partial charge in [-0.05, 0) is 19.1 Å². The van der Waals surface area contributed by atoms with Crippen LogP contribution in [0.3, 0.4) is 0 Å². The van der Waals surface area contributed by atoms with E-state index in [1.54, 1.807) is 12.2 Å². The molecule has 1 aromatic heterocycles. The lowest BCUT2D eigenvalue weighted by atomic mass is 10.3. The molecule has 0 aliphatic carbocycles. The van der Waals surface area contributed by atoms with Crippen LogP contribution in [0, 0.1) is 10.9 Å². The number of rotatable bonds is 5. The minimum absolute atomic E-state index is 0.164. The number of thiazole rings is 1. The maximum atomic E-state index is 12.5. The Balaban J connectivity index is 2.53. The summed E-state index contributed by atoms with van der Waals surface area (Å²) >= 11 is 5.99. The van der Waals surface area contributed by atoms with Gasteiger partial charge in [-0.2, -0.15) is 8.78 Å². The van der Waals surface area contributed by atoms with Crippen LogP contribution in [0.1, 0.15) is 10.6 Å². The molecule has 18 heavy (non-hydrogen) atoms. The van der Waals surface area contributed by atoms with E-state index in [2.05, 4.69) is 4.98 Å². The van der Waals surface area contributed by atoms with E-state index in [1.807, 2.05) is 0 Å². The van der Waals surface area contributed by atoms with Crippen LogP contribution >= 0.6 is 23.6 Å². The second kappa shape index (κ2) is 5.79. The molecular formula is C9H10F4N2OS2. The number of carbonyl (C=O) groups is 1. The Hall–Kier alpha value is -0.960. The second-order valence-corrected chi connectivity index (χ2v) is 5.35. The molecule has 0 aliphatic rings. The van der Waals surface area contributed by atoms with Crippen LogP contribution in [-0.4, -0.2) is 29.8 Å². The quantitative estimate of drug-likeness (QED) is 0.649. The third-order valence-corrected chi connectivity index (χ3v) is 3.42. The van der Waals surface area contributed by atoms with Gasteiger partial charge in [-0.3, -0.25) is 4.79 Å². The number of H-pyrrole nitrogens is 1. The van der Waals surface area contributed by atoms with Gasteiger partial charge < -0.3 is 10.3 Å². The Bertz CT molecular complexity index is 483. The Morgan fingerprint density at radius 1 is 1.56 bits per heavy atom. The molecule has 0 radical (unpaired) electrons. The zero-order valence-electron chi connectivity index (χ0n) is 9.23. The van der Waals surface area contributed by atoms with Crippen molar-refractivity contribution in [2.24, 2.45) is 0 Å². The molecule has 0 bridgehead atoms. The normalized spacial score (nSPS) is 11.9. The summed E-state index contributed by atoms with van der Waals surface area (Å²) in [5, 5.41) is 1.78. The zero-order valence-corrected chi connectivity index (χ0v) is 10.9. The van der Waals surface area contributed by atoms with E-state index in [4.69, 9.17) is 12.2 Å². The summed E-state index contributed by atoms with van der Waals surface area (Å²) < 4.78 is 49.2. The highest BCUT2D eigenvalue weighted by atomic mass is 32.1. The monoisotopic (exact) mass is 302 g/mol. The Morgan fingerprint density at radius 3 is 2.61 bits per heavy atom. The van der Waals surface area contributed by atoms with E-state index in [0.29, 0.717) is 14.5 Å². The molecule has 1 heterocycles. The highest BCUT2D eigenvalue weighted by Gasteiger charge is 2.40. The minimum atomic E-state index is -4.21. The molecule has 9 heteroatoms. The molecule has 0 spiro atoms.